The van der Waals surface area contributed by atoms with Crippen molar-refractivity contribution in [2.24, 2.45) is 5.41 Å². The van der Waals surface area contributed by atoms with E-state index in [9.17, 15) is 4.79 Å². The molecular weight excluding hydrogens is 236 g/mol. The van der Waals surface area contributed by atoms with E-state index in [2.05, 4.69) is 43.6 Å². The Balaban J connectivity index is 2.65. The molecule has 1 N–H and O–H groups in total. The largest absolute Gasteiger partial charge is 0.355 e. The van der Waals surface area contributed by atoms with Crippen LogP contribution in [0.4, 0.5) is 0 Å². The fourth-order valence-electron chi connectivity index (χ4n) is 2.47. The molecule has 108 valence electrons. The zero-order valence-electron chi connectivity index (χ0n) is 13.4. The lowest BCUT2D eigenvalue weighted by molar-refractivity contribution is -0.128. The zero-order chi connectivity index (χ0) is 14.8. The van der Waals surface area contributed by atoms with Crippen molar-refractivity contribution in [2.45, 2.75) is 60.9 Å². The molecule has 0 aromatic carbocycles. The molecule has 0 fully saturated rings. The summed E-state index contributed by atoms with van der Waals surface area (Å²) in [4.78, 5) is 11.8. The third-order valence-electron chi connectivity index (χ3n) is 3.47. The Morgan fingerprint density at radius 3 is 2.32 bits per heavy atom. The second-order valence-corrected chi connectivity index (χ2v) is 6.62. The van der Waals surface area contributed by atoms with Crippen molar-refractivity contribution in [3.8, 4) is 0 Å². The Labute approximate surface area is 117 Å². The van der Waals surface area contributed by atoms with E-state index < -0.39 is 0 Å². The van der Waals surface area contributed by atoms with E-state index in [1.54, 1.807) is 0 Å². The normalized spacial score (nSPS) is 12.0. The van der Waals surface area contributed by atoms with Gasteiger partial charge in [-0.25, -0.2) is 0 Å². The van der Waals surface area contributed by atoms with Gasteiger partial charge in [-0.1, -0.05) is 20.8 Å². The first-order valence-corrected chi connectivity index (χ1v) is 7.10. The molecule has 1 aromatic rings. The van der Waals surface area contributed by atoms with Gasteiger partial charge < -0.3 is 9.88 Å². The lowest BCUT2D eigenvalue weighted by Crippen LogP contribution is -2.35. The minimum Gasteiger partial charge on any atom is -0.355 e. The van der Waals surface area contributed by atoms with Crippen LogP contribution in [0.15, 0.2) is 6.07 Å². The summed E-state index contributed by atoms with van der Waals surface area (Å²) in [5.41, 5.74) is 3.64. The molecule has 0 spiro atoms. The number of carbonyl (C=O) groups excluding carboxylic acids is 1. The van der Waals surface area contributed by atoms with Crippen LogP contribution in [0.2, 0.25) is 0 Å². The Hall–Kier alpha value is -1.25. The highest BCUT2D eigenvalue weighted by Crippen LogP contribution is 2.20. The molecule has 3 heteroatoms. The van der Waals surface area contributed by atoms with Crippen LogP contribution < -0.4 is 5.32 Å². The van der Waals surface area contributed by atoms with Gasteiger partial charge in [-0.05, 0) is 45.7 Å². The van der Waals surface area contributed by atoms with E-state index in [0.717, 1.165) is 6.42 Å². The summed E-state index contributed by atoms with van der Waals surface area (Å²) in [6.07, 6.45) is 0.897. The standard InChI is InChI=1S/C16H28N2O/c1-11(2)18-12(3)10-14(13(18)4)8-9-17-15(19)16(5,6)7/h10-11H,8-9H2,1-7H3,(H,17,19). The van der Waals surface area contributed by atoms with Crippen LogP contribution in [0.25, 0.3) is 0 Å². The van der Waals surface area contributed by atoms with Gasteiger partial charge in [0.2, 0.25) is 5.91 Å². The van der Waals surface area contributed by atoms with E-state index in [0.29, 0.717) is 12.6 Å². The summed E-state index contributed by atoms with van der Waals surface area (Å²) in [6, 6.07) is 2.72. The number of rotatable bonds is 4. The Kier molecular flexibility index (Phi) is 4.83. The zero-order valence-corrected chi connectivity index (χ0v) is 13.4. The fourth-order valence-corrected chi connectivity index (χ4v) is 2.47. The van der Waals surface area contributed by atoms with Gasteiger partial charge in [-0.2, -0.15) is 0 Å². The first-order chi connectivity index (χ1) is 8.64. The van der Waals surface area contributed by atoms with Crippen LogP contribution in [0.3, 0.4) is 0 Å². The van der Waals surface area contributed by atoms with Gasteiger partial charge >= 0.3 is 0 Å². The van der Waals surface area contributed by atoms with Gasteiger partial charge in [0.15, 0.2) is 0 Å². The summed E-state index contributed by atoms with van der Waals surface area (Å²) < 4.78 is 2.35. The van der Waals surface area contributed by atoms with Crippen molar-refractivity contribution in [3.05, 3.63) is 23.0 Å². The first kappa shape index (κ1) is 15.8. The van der Waals surface area contributed by atoms with Crippen LogP contribution in [-0.2, 0) is 11.2 Å². The average molecular weight is 264 g/mol. The molecule has 0 saturated heterocycles. The minimum absolute atomic E-state index is 0.116. The van der Waals surface area contributed by atoms with E-state index in [1.807, 2.05) is 20.8 Å². The Bertz CT molecular complexity index is 450. The molecule has 0 saturated carbocycles. The maximum atomic E-state index is 11.8. The summed E-state index contributed by atoms with van der Waals surface area (Å²) in [7, 11) is 0. The molecule has 1 heterocycles. The minimum atomic E-state index is -0.311. The predicted molar refractivity (Wildman–Crippen MR) is 80.5 cm³/mol. The first-order valence-electron chi connectivity index (χ1n) is 7.10. The third kappa shape index (κ3) is 3.85. The molecule has 3 nitrogen and oxygen atoms in total. The van der Waals surface area contributed by atoms with E-state index in [-0.39, 0.29) is 11.3 Å². The van der Waals surface area contributed by atoms with Crippen molar-refractivity contribution in [1.82, 2.24) is 9.88 Å². The van der Waals surface area contributed by atoms with Gasteiger partial charge in [0.05, 0.1) is 0 Å². The van der Waals surface area contributed by atoms with Gasteiger partial charge in [0.25, 0.3) is 0 Å². The van der Waals surface area contributed by atoms with Crippen LogP contribution >= 0.6 is 0 Å². The van der Waals surface area contributed by atoms with Gasteiger partial charge in [-0.3, -0.25) is 4.79 Å². The Morgan fingerprint density at radius 1 is 1.32 bits per heavy atom. The van der Waals surface area contributed by atoms with Crippen molar-refractivity contribution < 1.29 is 4.79 Å². The average Bonchev–Trinajstić information content (AvgIpc) is 2.52. The third-order valence-corrected chi connectivity index (χ3v) is 3.47. The van der Waals surface area contributed by atoms with Gasteiger partial charge in [-0.15, -0.1) is 0 Å². The monoisotopic (exact) mass is 264 g/mol. The number of aromatic nitrogens is 1. The predicted octanol–water partition coefficient (Wildman–Crippen LogP) is 3.39. The molecular formula is C16H28N2O. The SMILES string of the molecule is Cc1cc(CCNC(=O)C(C)(C)C)c(C)n1C(C)C. The van der Waals surface area contributed by atoms with E-state index >= 15 is 0 Å². The summed E-state index contributed by atoms with van der Waals surface area (Å²) in [6.45, 7) is 15.2. The lowest BCUT2D eigenvalue weighted by Gasteiger charge is -2.17. The highest BCUT2D eigenvalue weighted by molar-refractivity contribution is 5.81. The van der Waals surface area contributed by atoms with E-state index in [4.69, 9.17) is 0 Å². The molecule has 0 radical (unpaired) electrons. The number of aryl methyl sites for hydroxylation is 1. The number of hydrogen-bond acceptors (Lipinski definition) is 1. The number of hydrogen-bond donors (Lipinski definition) is 1. The quantitative estimate of drug-likeness (QED) is 0.888. The van der Waals surface area contributed by atoms with Crippen LogP contribution in [0.5, 0.6) is 0 Å². The number of amides is 1. The van der Waals surface area contributed by atoms with Crippen LogP contribution in [-0.4, -0.2) is 17.0 Å². The molecule has 1 rings (SSSR count). The molecule has 0 aliphatic rings. The number of nitrogens with zero attached hydrogens (tertiary/aromatic N) is 1. The molecule has 0 aliphatic carbocycles. The maximum absolute atomic E-state index is 11.8. The summed E-state index contributed by atoms with van der Waals surface area (Å²) >= 11 is 0. The highest BCUT2D eigenvalue weighted by Gasteiger charge is 2.20. The Morgan fingerprint density at radius 2 is 1.89 bits per heavy atom. The molecule has 0 bridgehead atoms. The molecule has 0 aliphatic heterocycles. The molecule has 0 unspecified atom stereocenters. The molecule has 1 aromatic heterocycles. The molecule has 1 amide bonds. The van der Waals surface area contributed by atoms with Crippen molar-refractivity contribution >= 4 is 5.91 Å². The van der Waals surface area contributed by atoms with Crippen molar-refractivity contribution in [2.75, 3.05) is 6.54 Å². The van der Waals surface area contributed by atoms with Crippen LogP contribution in [0, 0.1) is 19.3 Å². The fraction of sp³-hybridized carbons (Fsp3) is 0.688. The van der Waals surface area contributed by atoms with Gasteiger partial charge in [0, 0.05) is 29.4 Å². The summed E-state index contributed by atoms with van der Waals surface area (Å²) in [5.74, 6) is 0.116. The number of carbonyl (C=O) groups is 1. The smallest absolute Gasteiger partial charge is 0.225 e. The second-order valence-electron chi connectivity index (χ2n) is 6.62. The lowest BCUT2D eigenvalue weighted by atomic mass is 9.95. The second kappa shape index (κ2) is 5.81. The topological polar surface area (TPSA) is 34.0 Å². The number of nitrogens with one attached hydrogen (secondary N) is 1. The maximum Gasteiger partial charge on any atom is 0.225 e. The van der Waals surface area contributed by atoms with Gasteiger partial charge in [0.1, 0.15) is 0 Å². The summed E-state index contributed by atoms with van der Waals surface area (Å²) in [5, 5.41) is 3.01. The highest BCUT2D eigenvalue weighted by atomic mass is 16.2. The van der Waals surface area contributed by atoms with Crippen LogP contribution in [0.1, 0.15) is 57.6 Å². The van der Waals surface area contributed by atoms with Crippen molar-refractivity contribution in [3.63, 3.8) is 0 Å². The molecule has 19 heavy (non-hydrogen) atoms. The molecule has 0 atom stereocenters. The van der Waals surface area contributed by atoms with E-state index in [1.165, 1.54) is 17.0 Å². The van der Waals surface area contributed by atoms with Crippen molar-refractivity contribution in [1.29, 1.82) is 0 Å².